The molecule has 7 heteroatoms. The molecule has 26 heavy (non-hydrogen) atoms. The molecule has 1 aromatic carbocycles. The van der Waals surface area contributed by atoms with E-state index >= 15 is 0 Å². The predicted molar refractivity (Wildman–Crippen MR) is 94.3 cm³/mol. The summed E-state index contributed by atoms with van der Waals surface area (Å²) < 4.78 is 38.2. The molecule has 1 amide bonds. The van der Waals surface area contributed by atoms with Crippen LogP contribution in [0.4, 0.5) is 24.5 Å². The van der Waals surface area contributed by atoms with Crippen LogP contribution in [0.1, 0.15) is 41.7 Å². The highest BCUT2D eigenvalue weighted by Gasteiger charge is 2.30. The van der Waals surface area contributed by atoms with Gasteiger partial charge in [0, 0.05) is 18.8 Å². The maximum Gasteiger partial charge on any atom is 0.416 e. The number of aromatic nitrogens is 1. The molecule has 1 N–H and O–H groups in total. The summed E-state index contributed by atoms with van der Waals surface area (Å²) in [4.78, 5) is 18.7. The van der Waals surface area contributed by atoms with Crippen molar-refractivity contribution in [1.82, 2.24) is 4.98 Å². The molecule has 2 heterocycles. The second kappa shape index (κ2) is 7.76. The zero-order chi connectivity index (χ0) is 18.6. The highest BCUT2D eigenvalue weighted by molar-refractivity contribution is 6.03. The van der Waals surface area contributed by atoms with Crippen LogP contribution in [0.3, 0.4) is 0 Å². The summed E-state index contributed by atoms with van der Waals surface area (Å²) in [7, 11) is 0. The van der Waals surface area contributed by atoms with Gasteiger partial charge in [0.2, 0.25) is 0 Å². The van der Waals surface area contributed by atoms with Gasteiger partial charge in [-0.05, 0) is 43.2 Å². The van der Waals surface area contributed by atoms with Crippen LogP contribution < -0.4 is 10.2 Å². The zero-order valence-corrected chi connectivity index (χ0v) is 14.2. The van der Waals surface area contributed by atoms with Gasteiger partial charge in [0.15, 0.2) is 0 Å². The van der Waals surface area contributed by atoms with E-state index in [2.05, 4.69) is 15.2 Å². The van der Waals surface area contributed by atoms with Gasteiger partial charge in [0.1, 0.15) is 5.69 Å². The zero-order valence-electron chi connectivity index (χ0n) is 14.2. The monoisotopic (exact) mass is 363 g/mol. The first-order valence-electron chi connectivity index (χ1n) is 8.63. The number of pyridine rings is 1. The molecule has 0 saturated carbocycles. The second-order valence-electron chi connectivity index (χ2n) is 6.34. The number of halogens is 3. The van der Waals surface area contributed by atoms with E-state index < -0.39 is 17.6 Å². The van der Waals surface area contributed by atoms with E-state index in [1.807, 2.05) is 6.07 Å². The first kappa shape index (κ1) is 18.2. The quantitative estimate of drug-likeness (QED) is 0.857. The Morgan fingerprint density at radius 1 is 1.04 bits per heavy atom. The van der Waals surface area contributed by atoms with Gasteiger partial charge < -0.3 is 10.2 Å². The lowest BCUT2D eigenvalue weighted by Gasteiger charge is -2.22. The van der Waals surface area contributed by atoms with E-state index in [1.54, 1.807) is 12.3 Å². The molecule has 0 radical (unpaired) electrons. The number of hydrogen-bond donors (Lipinski definition) is 1. The van der Waals surface area contributed by atoms with Crippen molar-refractivity contribution in [2.24, 2.45) is 0 Å². The van der Waals surface area contributed by atoms with Gasteiger partial charge in [-0.2, -0.15) is 13.2 Å². The van der Waals surface area contributed by atoms with Gasteiger partial charge in [-0.15, -0.1) is 0 Å². The first-order valence-corrected chi connectivity index (χ1v) is 8.63. The molecule has 4 nitrogen and oxygen atoms in total. The number of carbonyl (C=O) groups excluding carboxylic acids is 1. The highest BCUT2D eigenvalue weighted by Crippen LogP contribution is 2.30. The summed E-state index contributed by atoms with van der Waals surface area (Å²) >= 11 is 0. The van der Waals surface area contributed by atoms with Gasteiger partial charge in [0.05, 0.1) is 17.4 Å². The van der Waals surface area contributed by atoms with E-state index in [1.165, 1.54) is 25.0 Å². The number of hydrogen-bond acceptors (Lipinski definition) is 3. The number of rotatable bonds is 3. The van der Waals surface area contributed by atoms with Crippen molar-refractivity contribution in [3.63, 3.8) is 0 Å². The van der Waals surface area contributed by atoms with E-state index in [0.29, 0.717) is 0 Å². The number of amides is 1. The van der Waals surface area contributed by atoms with Crippen LogP contribution in [0.25, 0.3) is 0 Å². The molecule has 2 aromatic rings. The number of alkyl halides is 3. The topological polar surface area (TPSA) is 45.2 Å². The van der Waals surface area contributed by atoms with Crippen molar-refractivity contribution >= 4 is 17.3 Å². The lowest BCUT2D eigenvalue weighted by molar-refractivity contribution is -0.137. The summed E-state index contributed by atoms with van der Waals surface area (Å²) in [6.07, 6.45) is 1.92. The molecule has 1 aliphatic rings. The SMILES string of the molecule is O=C(Nc1cccc(C(F)(F)F)c1)c1ccc(N2CCCCCC2)cn1. The molecule has 138 valence electrons. The van der Waals surface area contributed by atoms with Crippen LogP contribution in [-0.4, -0.2) is 24.0 Å². The largest absolute Gasteiger partial charge is 0.416 e. The van der Waals surface area contributed by atoms with E-state index in [9.17, 15) is 18.0 Å². The van der Waals surface area contributed by atoms with E-state index in [-0.39, 0.29) is 11.4 Å². The van der Waals surface area contributed by atoms with Crippen LogP contribution in [0.2, 0.25) is 0 Å². The third-order valence-electron chi connectivity index (χ3n) is 4.40. The molecule has 0 atom stereocenters. The lowest BCUT2D eigenvalue weighted by Crippen LogP contribution is -2.24. The minimum absolute atomic E-state index is 0.0863. The number of nitrogens with one attached hydrogen (secondary N) is 1. The fourth-order valence-corrected chi connectivity index (χ4v) is 3.00. The number of nitrogens with zero attached hydrogens (tertiary/aromatic N) is 2. The van der Waals surface area contributed by atoms with Crippen molar-refractivity contribution in [2.45, 2.75) is 31.9 Å². The van der Waals surface area contributed by atoms with E-state index in [0.717, 1.165) is 43.8 Å². The van der Waals surface area contributed by atoms with Crippen LogP contribution in [-0.2, 0) is 6.18 Å². The molecule has 1 saturated heterocycles. The Morgan fingerprint density at radius 2 is 1.77 bits per heavy atom. The van der Waals surface area contributed by atoms with Gasteiger partial charge in [0.25, 0.3) is 5.91 Å². The van der Waals surface area contributed by atoms with Gasteiger partial charge >= 0.3 is 6.18 Å². The summed E-state index contributed by atoms with van der Waals surface area (Å²) in [6.45, 7) is 1.94. The third kappa shape index (κ3) is 4.53. The smallest absolute Gasteiger partial charge is 0.370 e. The van der Waals surface area contributed by atoms with Crippen LogP contribution in [0, 0.1) is 0 Å². The standard InChI is InChI=1S/C19H20F3N3O/c20-19(21,22)14-6-5-7-15(12-14)24-18(26)17-9-8-16(13-23-17)25-10-3-1-2-4-11-25/h5-9,12-13H,1-4,10-11H2,(H,24,26). The average Bonchev–Trinajstić information content (AvgIpc) is 2.91. The number of benzene rings is 1. The maximum absolute atomic E-state index is 12.7. The molecule has 0 unspecified atom stereocenters. The molecule has 3 rings (SSSR count). The van der Waals surface area contributed by atoms with Crippen LogP contribution >= 0.6 is 0 Å². The van der Waals surface area contributed by atoms with Gasteiger partial charge in [-0.3, -0.25) is 4.79 Å². The summed E-state index contributed by atoms with van der Waals surface area (Å²) in [5.74, 6) is -0.535. The molecule has 0 aliphatic carbocycles. The summed E-state index contributed by atoms with van der Waals surface area (Å²) in [5, 5.41) is 2.46. The van der Waals surface area contributed by atoms with E-state index in [4.69, 9.17) is 0 Å². The highest BCUT2D eigenvalue weighted by atomic mass is 19.4. The molecule has 1 fully saturated rings. The third-order valence-corrected chi connectivity index (χ3v) is 4.40. The Balaban J connectivity index is 1.68. The molecule has 0 spiro atoms. The Morgan fingerprint density at radius 3 is 2.38 bits per heavy atom. The average molecular weight is 363 g/mol. The predicted octanol–water partition coefficient (Wildman–Crippen LogP) is 4.73. The van der Waals surface area contributed by atoms with Crippen molar-refractivity contribution in [3.8, 4) is 0 Å². The van der Waals surface area contributed by atoms with Crippen LogP contribution in [0.15, 0.2) is 42.6 Å². The summed E-state index contributed by atoms with van der Waals surface area (Å²) in [6, 6.07) is 7.98. The van der Waals surface area contributed by atoms with Crippen molar-refractivity contribution in [3.05, 3.63) is 53.9 Å². The van der Waals surface area contributed by atoms with Gasteiger partial charge in [-0.1, -0.05) is 18.9 Å². The first-order chi connectivity index (χ1) is 12.4. The van der Waals surface area contributed by atoms with Gasteiger partial charge in [-0.25, -0.2) is 4.98 Å². The molecular weight excluding hydrogens is 343 g/mol. The maximum atomic E-state index is 12.7. The van der Waals surface area contributed by atoms with Crippen molar-refractivity contribution in [1.29, 1.82) is 0 Å². The fourth-order valence-electron chi connectivity index (χ4n) is 3.00. The Hall–Kier alpha value is -2.57. The normalized spacial score (nSPS) is 15.4. The Kier molecular flexibility index (Phi) is 5.44. The lowest BCUT2D eigenvalue weighted by atomic mass is 10.2. The minimum atomic E-state index is -4.45. The Bertz CT molecular complexity index is 751. The minimum Gasteiger partial charge on any atom is -0.370 e. The molecule has 1 aromatic heterocycles. The second-order valence-corrected chi connectivity index (χ2v) is 6.34. The fraction of sp³-hybridized carbons (Fsp3) is 0.368. The van der Waals surface area contributed by atoms with Crippen molar-refractivity contribution < 1.29 is 18.0 Å². The summed E-state index contributed by atoms with van der Waals surface area (Å²) in [5.41, 5.74) is 0.409. The Labute approximate surface area is 150 Å². The van der Waals surface area contributed by atoms with Crippen LogP contribution in [0.5, 0.6) is 0 Å². The van der Waals surface area contributed by atoms with Crippen molar-refractivity contribution in [2.75, 3.05) is 23.3 Å². The number of anilines is 2. The molecule has 0 bridgehead atoms. The number of carbonyl (C=O) groups is 1. The molecular formula is C19H20F3N3O. The molecule has 1 aliphatic heterocycles.